The molecule has 0 spiro atoms. The molecule has 5 nitrogen and oxygen atoms in total. The van der Waals surface area contributed by atoms with Crippen LogP contribution < -0.4 is 10.1 Å². The highest BCUT2D eigenvalue weighted by atomic mass is 16.5. The van der Waals surface area contributed by atoms with Crippen LogP contribution in [0.25, 0.3) is 0 Å². The van der Waals surface area contributed by atoms with Gasteiger partial charge in [-0.15, -0.1) is 0 Å². The topological polar surface area (TPSA) is 50.8 Å². The van der Waals surface area contributed by atoms with E-state index in [1.165, 1.54) is 24.8 Å². The Balaban J connectivity index is 1.60. The molecule has 1 amide bonds. The van der Waals surface area contributed by atoms with E-state index < -0.39 is 6.10 Å². The number of benzene rings is 1. The van der Waals surface area contributed by atoms with Crippen molar-refractivity contribution in [3.05, 3.63) is 29.3 Å². The maximum atomic E-state index is 12.7. The molecule has 3 rings (SSSR count). The molecule has 1 unspecified atom stereocenters. The van der Waals surface area contributed by atoms with E-state index in [-0.39, 0.29) is 11.4 Å². The Hall–Kier alpha value is -1.59. The minimum Gasteiger partial charge on any atom is -0.481 e. The van der Waals surface area contributed by atoms with Gasteiger partial charge in [-0.25, -0.2) is 0 Å². The molecule has 1 saturated carbocycles. The van der Waals surface area contributed by atoms with Crippen LogP contribution in [0.1, 0.15) is 50.2 Å². The molecular weight excluding hydrogens is 340 g/mol. The van der Waals surface area contributed by atoms with Crippen LogP contribution in [0.15, 0.2) is 18.2 Å². The highest BCUT2D eigenvalue weighted by molar-refractivity contribution is 5.80. The maximum absolute atomic E-state index is 12.7. The number of ether oxygens (including phenoxy) is 2. The van der Waals surface area contributed by atoms with Gasteiger partial charge in [0.25, 0.3) is 5.91 Å². The first-order chi connectivity index (χ1) is 13.0. The number of aryl methyl sites for hydroxylation is 1. The fourth-order valence-corrected chi connectivity index (χ4v) is 4.34. The summed E-state index contributed by atoms with van der Waals surface area (Å²) in [4.78, 5) is 15.3. The fraction of sp³-hybridized carbons (Fsp3) is 0.682. The van der Waals surface area contributed by atoms with Crippen LogP contribution in [-0.2, 0) is 9.53 Å². The lowest BCUT2D eigenvalue weighted by Crippen LogP contribution is -2.60. The zero-order valence-corrected chi connectivity index (χ0v) is 17.1. The summed E-state index contributed by atoms with van der Waals surface area (Å²) in [5, 5.41) is 3.20. The second kappa shape index (κ2) is 9.07. The van der Waals surface area contributed by atoms with Gasteiger partial charge in [0.05, 0.1) is 13.2 Å². The number of amides is 1. The second-order valence-electron chi connectivity index (χ2n) is 8.06. The van der Waals surface area contributed by atoms with Gasteiger partial charge in [-0.3, -0.25) is 9.69 Å². The Labute approximate surface area is 163 Å². The molecule has 1 heterocycles. The highest BCUT2D eigenvalue weighted by Gasteiger charge is 2.39. The van der Waals surface area contributed by atoms with Crippen molar-refractivity contribution >= 4 is 5.91 Å². The Morgan fingerprint density at radius 1 is 1.22 bits per heavy atom. The third kappa shape index (κ3) is 4.82. The molecule has 1 aliphatic carbocycles. The van der Waals surface area contributed by atoms with E-state index in [9.17, 15) is 4.79 Å². The summed E-state index contributed by atoms with van der Waals surface area (Å²) in [5.74, 6) is 0.757. The molecule has 5 heteroatoms. The Bertz CT molecular complexity index is 634. The average Bonchev–Trinajstić information content (AvgIpc) is 2.71. The molecule has 1 saturated heterocycles. The van der Waals surface area contributed by atoms with Crippen LogP contribution in [0.2, 0.25) is 0 Å². The molecule has 1 aromatic rings. The summed E-state index contributed by atoms with van der Waals surface area (Å²) in [5.41, 5.74) is 2.35. The van der Waals surface area contributed by atoms with Crippen molar-refractivity contribution in [2.45, 2.75) is 64.5 Å². The number of carbonyl (C=O) groups is 1. The number of nitrogens with zero attached hydrogens (tertiary/aromatic N) is 1. The third-order valence-electron chi connectivity index (χ3n) is 6.29. The highest BCUT2D eigenvalue weighted by Crippen LogP contribution is 2.34. The second-order valence-corrected chi connectivity index (χ2v) is 8.06. The lowest BCUT2D eigenvalue weighted by molar-refractivity contribution is -0.128. The van der Waals surface area contributed by atoms with E-state index in [0.29, 0.717) is 6.54 Å². The fourth-order valence-electron chi connectivity index (χ4n) is 4.34. The van der Waals surface area contributed by atoms with Gasteiger partial charge in [0.2, 0.25) is 0 Å². The molecule has 150 valence electrons. The number of carbonyl (C=O) groups excluding carboxylic acids is 1. The summed E-state index contributed by atoms with van der Waals surface area (Å²) in [6.45, 7) is 10.1. The van der Waals surface area contributed by atoms with Crippen molar-refractivity contribution in [2.75, 3.05) is 32.8 Å². The Morgan fingerprint density at radius 2 is 1.93 bits per heavy atom. The summed E-state index contributed by atoms with van der Waals surface area (Å²) in [6, 6.07) is 5.96. The smallest absolute Gasteiger partial charge is 0.260 e. The average molecular weight is 375 g/mol. The van der Waals surface area contributed by atoms with Crippen LogP contribution >= 0.6 is 0 Å². The zero-order chi connectivity index (χ0) is 19.3. The SMILES string of the molecule is Cc1cccc(OC(C)C(=O)NCC2(N3CCOCC3)CCCCC2)c1C. The van der Waals surface area contributed by atoms with Crippen molar-refractivity contribution in [3.8, 4) is 5.75 Å². The van der Waals surface area contributed by atoms with Crippen molar-refractivity contribution in [3.63, 3.8) is 0 Å². The predicted octanol–water partition coefficient (Wildman–Crippen LogP) is 3.22. The monoisotopic (exact) mass is 374 g/mol. The van der Waals surface area contributed by atoms with Crippen LogP contribution in [0.3, 0.4) is 0 Å². The summed E-state index contributed by atoms with van der Waals surface area (Å²) < 4.78 is 11.5. The van der Waals surface area contributed by atoms with Gasteiger partial charge < -0.3 is 14.8 Å². The number of hydrogen-bond acceptors (Lipinski definition) is 4. The van der Waals surface area contributed by atoms with E-state index in [1.807, 2.05) is 26.0 Å². The Kier molecular flexibility index (Phi) is 6.77. The summed E-state index contributed by atoms with van der Waals surface area (Å²) >= 11 is 0. The first-order valence-corrected chi connectivity index (χ1v) is 10.4. The molecule has 1 atom stereocenters. The largest absolute Gasteiger partial charge is 0.481 e. The van der Waals surface area contributed by atoms with E-state index in [0.717, 1.165) is 50.5 Å². The van der Waals surface area contributed by atoms with Gasteiger partial charge in [-0.2, -0.15) is 0 Å². The Morgan fingerprint density at radius 3 is 2.63 bits per heavy atom. The van der Waals surface area contributed by atoms with E-state index >= 15 is 0 Å². The lowest BCUT2D eigenvalue weighted by atomic mass is 9.79. The molecule has 1 aliphatic heterocycles. The van der Waals surface area contributed by atoms with E-state index in [2.05, 4.69) is 23.2 Å². The molecule has 27 heavy (non-hydrogen) atoms. The van der Waals surface area contributed by atoms with Crippen molar-refractivity contribution in [1.82, 2.24) is 10.2 Å². The number of hydrogen-bond donors (Lipinski definition) is 1. The molecule has 0 aromatic heterocycles. The molecule has 1 aromatic carbocycles. The van der Waals surface area contributed by atoms with Gasteiger partial charge in [0.15, 0.2) is 6.10 Å². The minimum atomic E-state index is -0.504. The van der Waals surface area contributed by atoms with Crippen LogP contribution in [0.5, 0.6) is 5.75 Å². The molecule has 2 fully saturated rings. The van der Waals surface area contributed by atoms with Crippen LogP contribution in [0, 0.1) is 13.8 Å². The van der Waals surface area contributed by atoms with Gasteiger partial charge in [-0.1, -0.05) is 31.4 Å². The zero-order valence-electron chi connectivity index (χ0n) is 17.1. The van der Waals surface area contributed by atoms with Crippen LogP contribution in [-0.4, -0.2) is 55.3 Å². The third-order valence-corrected chi connectivity index (χ3v) is 6.29. The van der Waals surface area contributed by atoms with E-state index in [4.69, 9.17) is 9.47 Å². The van der Waals surface area contributed by atoms with E-state index in [1.54, 1.807) is 0 Å². The molecule has 1 N–H and O–H groups in total. The number of morpholine rings is 1. The van der Waals surface area contributed by atoms with Crippen molar-refractivity contribution < 1.29 is 14.3 Å². The first-order valence-electron chi connectivity index (χ1n) is 10.4. The van der Waals surface area contributed by atoms with Crippen molar-refractivity contribution in [2.24, 2.45) is 0 Å². The molecule has 0 radical (unpaired) electrons. The number of nitrogens with one attached hydrogen (secondary N) is 1. The quantitative estimate of drug-likeness (QED) is 0.831. The normalized spacial score (nSPS) is 21.4. The summed E-state index contributed by atoms with van der Waals surface area (Å²) in [6.07, 6.45) is 5.57. The van der Waals surface area contributed by atoms with Gasteiger partial charge in [0, 0.05) is 25.2 Å². The van der Waals surface area contributed by atoms with Gasteiger partial charge in [-0.05, 0) is 50.8 Å². The first kappa shape index (κ1) is 20.2. The molecule has 2 aliphatic rings. The number of rotatable bonds is 6. The van der Waals surface area contributed by atoms with Gasteiger partial charge in [0.1, 0.15) is 5.75 Å². The standard InChI is InChI=1S/C22H34N2O3/c1-17-8-7-9-20(18(17)2)27-19(3)21(25)23-16-22(10-5-4-6-11-22)24-12-14-26-15-13-24/h7-9,19H,4-6,10-16H2,1-3H3,(H,23,25). The van der Waals surface area contributed by atoms with Crippen molar-refractivity contribution in [1.29, 1.82) is 0 Å². The van der Waals surface area contributed by atoms with Crippen LogP contribution in [0.4, 0.5) is 0 Å². The lowest BCUT2D eigenvalue weighted by Gasteiger charge is -2.48. The molecular formula is C22H34N2O3. The predicted molar refractivity (Wildman–Crippen MR) is 107 cm³/mol. The summed E-state index contributed by atoms with van der Waals surface area (Å²) in [7, 11) is 0. The van der Waals surface area contributed by atoms with Gasteiger partial charge >= 0.3 is 0 Å². The minimum absolute atomic E-state index is 0.0332. The molecule has 0 bridgehead atoms. The maximum Gasteiger partial charge on any atom is 0.260 e.